The van der Waals surface area contributed by atoms with Crippen LogP contribution in [0, 0.1) is 0 Å². The Hall–Kier alpha value is -0.940. The lowest BCUT2D eigenvalue weighted by Crippen LogP contribution is -2.12. The number of benzene rings is 1. The first kappa shape index (κ1) is 13.1. The molecule has 0 N–H and O–H groups in total. The monoisotopic (exact) mass is 272 g/mol. The van der Waals surface area contributed by atoms with E-state index in [9.17, 15) is 18.0 Å². The average molecular weight is 273 g/mol. The first-order valence-electron chi connectivity index (χ1n) is 3.92. The zero-order valence-electron chi connectivity index (χ0n) is 7.86. The number of hydrogen-bond donors (Lipinski definition) is 0. The molecular weight excluding hydrogens is 268 g/mol. The van der Waals surface area contributed by atoms with Gasteiger partial charge < -0.3 is 4.74 Å². The number of rotatable bonds is 2. The molecule has 0 aliphatic rings. The summed E-state index contributed by atoms with van der Waals surface area (Å²) in [5.41, 5.74) is -1.95. The van der Waals surface area contributed by atoms with Crippen LogP contribution in [0.1, 0.15) is 15.9 Å². The summed E-state index contributed by atoms with van der Waals surface area (Å²) < 4.78 is 42.4. The third kappa shape index (κ3) is 2.59. The molecule has 0 aliphatic heterocycles. The molecule has 0 spiro atoms. The van der Waals surface area contributed by atoms with Gasteiger partial charge in [0, 0.05) is 5.02 Å². The smallest absolute Gasteiger partial charge is 0.417 e. The van der Waals surface area contributed by atoms with Gasteiger partial charge in [0.25, 0.3) is 5.24 Å². The Morgan fingerprint density at radius 3 is 2.31 bits per heavy atom. The predicted octanol–water partition coefficient (Wildman–Crippen LogP) is 3.75. The molecule has 0 atom stereocenters. The highest BCUT2D eigenvalue weighted by molar-refractivity contribution is 6.68. The van der Waals surface area contributed by atoms with E-state index in [0.717, 1.165) is 13.2 Å². The van der Waals surface area contributed by atoms with Crippen LogP contribution in [0.4, 0.5) is 13.2 Å². The molecule has 16 heavy (non-hydrogen) atoms. The quantitative estimate of drug-likeness (QED) is 0.767. The van der Waals surface area contributed by atoms with Crippen LogP contribution >= 0.6 is 23.2 Å². The van der Waals surface area contributed by atoms with Gasteiger partial charge in [0.05, 0.1) is 18.2 Å². The molecule has 88 valence electrons. The summed E-state index contributed by atoms with van der Waals surface area (Å²) in [5, 5.41) is -1.44. The van der Waals surface area contributed by atoms with E-state index in [1.807, 2.05) is 0 Å². The van der Waals surface area contributed by atoms with Crippen LogP contribution in [-0.4, -0.2) is 12.4 Å². The van der Waals surface area contributed by atoms with Gasteiger partial charge in [-0.1, -0.05) is 11.6 Å². The number of methoxy groups -OCH3 is 1. The lowest BCUT2D eigenvalue weighted by Gasteiger charge is -2.13. The van der Waals surface area contributed by atoms with Crippen molar-refractivity contribution in [2.24, 2.45) is 0 Å². The van der Waals surface area contributed by atoms with Gasteiger partial charge in [0.2, 0.25) is 0 Å². The van der Waals surface area contributed by atoms with Gasteiger partial charge in [-0.05, 0) is 23.7 Å². The largest absolute Gasteiger partial charge is 0.496 e. The first-order chi connectivity index (χ1) is 7.27. The molecule has 7 heteroatoms. The van der Waals surface area contributed by atoms with E-state index in [1.54, 1.807) is 0 Å². The second-order valence-electron chi connectivity index (χ2n) is 2.80. The third-order valence-electron chi connectivity index (χ3n) is 1.79. The molecule has 0 aromatic heterocycles. The fraction of sp³-hybridized carbons (Fsp3) is 0.222. The Balaban J connectivity index is 3.57. The van der Waals surface area contributed by atoms with Gasteiger partial charge in [-0.25, -0.2) is 0 Å². The number of alkyl halides is 3. The molecule has 0 amide bonds. The van der Waals surface area contributed by atoms with E-state index < -0.39 is 22.5 Å². The molecule has 0 radical (unpaired) electrons. The van der Waals surface area contributed by atoms with Crippen LogP contribution in [0.15, 0.2) is 12.1 Å². The maximum Gasteiger partial charge on any atom is 0.417 e. The SMILES string of the molecule is COc1cc(Cl)cc(C(F)(F)F)c1C(=O)Cl. The molecular formula is C9H5Cl2F3O2. The van der Waals surface area contributed by atoms with Crippen LogP contribution < -0.4 is 4.74 Å². The van der Waals surface area contributed by atoms with Gasteiger partial charge in [0.15, 0.2) is 0 Å². The number of hydrogen-bond acceptors (Lipinski definition) is 2. The van der Waals surface area contributed by atoms with Gasteiger partial charge in [-0.2, -0.15) is 13.2 Å². The van der Waals surface area contributed by atoms with E-state index in [2.05, 4.69) is 4.74 Å². The molecule has 0 fully saturated rings. The van der Waals surface area contributed by atoms with Gasteiger partial charge >= 0.3 is 6.18 Å². The van der Waals surface area contributed by atoms with Crippen molar-refractivity contribution in [1.82, 2.24) is 0 Å². The normalized spacial score (nSPS) is 11.4. The van der Waals surface area contributed by atoms with Crippen molar-refractivity contribution in [3.63, 3.8) is 0 Å². The summed E-state index contributed by atoms with van der Waals surface area (Å²) in [6.07, 6.45) is -4.72. The van der Waals surface area contributed by atoms with Gasteiger partial charge in [-0.3, -0.25) is 4.79 Å². The fourth-order valence-electron chi connectivity index (χ4n) is 1.17. The molecule has 0 heterocycles. The van der Waals surface area contributed by atoms with Crippen LogP contribution in [0.2, 0.25) is 5.02 Å². The molecule has 0 aliphatic carbocycles. The number of ether oxygens (including phenoxy) is 1. The number of halogens is 5. The fourth-order valence-corrected chi connectivity index (χ4v) is 1.57. The maximum absolute atomic E-state index is 12.6. The van der Waals surface area contributed by atoms with E-state index in [0.29, 0.717) is 6.07 Å². The van der Waals surface area contributed by atoms with Crippen molar-refractivity contribution >= 4 is 28.4 Å². The number of carbonyl (C=O) groups is 1. The topological polar surface area (TPSA) is 26.3 Å². The molecule has 1 rings (SSSR count). The Labute approximate surface area is 98.9 Å². The Bertz CT molecular complexity index is 429. The third-order valence-corrected chi connectivity index (χ3v) is 2.20. The van der Waals surface area contributed by atoms with Crippen molar-refractivity contribution in [3.8, 4) is 5.75 Å². The molecule has 0 bridgehead atoms. The first-order valence-corrected chi connectivity index (χ1v) is 4.67. The maximum atomic E-state index is 12.6. The lowest BCUT2D eigenvalue weighted by molar-refractivity contribution is -0.138. The van der Waals surface area contributed by atoms with E-state index >= 15 is 0 Å². The highest BCUT2D eigenvalue weighted by atomic mass is 35.5. The summed E-state index contributed by atoms with van der Waals surface area (Å²) in [5.74, 6) is -0.306. The minimum atomic E-state index is -4.72. The minimum Gasteiger partial charge on any atom is -0.496 e. The van der Waals surface area contributed by atoms with Crippen molar-refractivity contribution in [1.29, 1.82) is 0 Å². The zero-order chi connectivity index (χ0) is 12.5. The van der Waals surface area contributed by atoms with Crippen molar-refractivity contribution in [3.05, 3.63) is 28.3 Å². The predicted molar refractivity (Wildman–Crippen MR) is 53.2 cm³/mol. The van der Waals surface area contributed by atoms with E-state index in [-0.39, 0.29) is 10.8 Å². The van der Waals surface area contributed by atoms with Crippen LogP contribution in [-0.2, 0) is 6.18 Å². The summed E-state index contributed by atoms with van der Waals surface area (Å²) in [6, 6.07) is 1.71. The summed E-state index contributed by atoms with van der Waals surface area (Å²) in [4.78, 5) is 10.9. The second kappa shape index (κ2) is 4.51. The molecule has 0 saturated heterocycles. The van der Waals surface area contributed by atoms with Crippen molar-refractivity contribution in [2.75, 3.05) is 7.11 Å². The zero-order valence-corrected chi connectivity index (χ0v) is 9.37. The Kier molecular flexibility index (Phi) is 3.70. The average Bonchev–Trinajstić information content (AvgIpc) is 2.14. The molecule has 1 aromatic rings. The number of carbonyl (C=O) groups excluding carboxylic acids is 1. The minimum absolute atomic E-state index is 0.189. The summed E-state index contributed by atoms with van der Waals surface area (Å²) in [6.45, 7) is 0. The molecule has 0 saturated carbocycles. The van der Waals surface area contributed by atoms with Crippen LogP contribution in [0.3, 0.4) is 0 Å². The van der Waals surface area contributed by atoms with E-state index in [4.69, 9.17) is 23.2 Å². The highest BCUT2D eigenvalue weighted by Crippen LogP contribution is 2.39. The second-order valence-corrected chi connectivity index (χ2v) is 3.58. The highest BCUT2D eigenvalue weighted by Gasteiger charge is 2.37. The lowest BCUT2D eigenvalue weighted by atomic mass is 10.1. The summed E-state index contributed by atoms with van der Waals surface area (Å²) >= 11 is 10.6. The molecule has 2 nitrogen and oxygen atoms in total. The Morgan fingerprint density at radius 2 is 1.94 bits per heavy atom. The van der Waals surface area contributed by atoms with Gasteiger partial charge in [-0.15, -0.1) is 0 Å². The van der Waals surface area contributed by atoms with Crippen LogP contribution in [0.5, 0.6) is 5.75 Å². The van der Waals surface area contributed by atoms with Crippen molar-refractivity contribution < 1.29 is 22.7 Å². The summed E-state index contributed by atoms with van der Waals surface area (Å²) in [7, 11) is 1.12. The Morgan fingerprint density at radius 1 is 1.38 bits per heavy atom. The van der Waals surface area contributed by atoms with Crippen molar-refractivity contribution in [2.45, 2.75) is 6.18 Å². The molecule has 1 aromatic carbocycles. The van der Waals surface area contributed by atoms with Gasteiger partial charge in [0.1, 0.15) is 5.75 Å². The van der Waals surface area contributed by atoms with Crippen LogP contribution in [0.25, 0.3) is 0 Å². The molecule has 0 unspecified atom stereocenters. The standard InChI is InChI=1S/C9H5Cl2F3O2/c1-16-6-3-4(10)2-5(9(12,13)14)7(6)8(11)15/h2-3H,1H3. The van der Waals surface area contributed by atoms with E-state index in [1.165, 1.54) is 0 Å².